The van der Waals surface area contributed by atoms with Gasteiger partial charge in [0.1, 0.15) is 17.2 Å². The molecular formula is C22H21F4N5O. The van der Waals surface area contributed by atoms with Gasteiger partial charge in [0.15, 0.2) is 6.04 Å². The molecule has 2 N–H and O–H groups in total. The Bertz CT molecular complexity index is 1090. The average molecular weight is 447 g/mol. The Morgan fingerprint density at radius 3 is 2.56 bits per heavy atom. The molecule has 0 bridgehead atoms. The summed E-state index contributed by atoms with van der Waals surface area (Å²) in [4.78, 5) is 16.6. The van der Waals surface area contributed by atoms with Crippen molar-refractivity contribution in [2.45, 2.75) is 44.6 Å². The van der Waals surface area contributed by atoms with Gasteiger partial charge < -0.3 is 10.6 Å². The van der Waals surface area contributed by atoms with Crippen molar-refractivity contribution in [1.29, 1.82) is 0 Å². The first-order valence-electron chi connectivity index (χ1n) is 10.1. The zero-order valence-electron chi connectivity index (χ0n) is 17.2. The quantitative estimate of drug-likeness (QED) is 0.562. The smallest absolute Gasteiger partial charge is 0.363 e. The second-order valence-corrected chi connectivity index (χ2v) is 7.59. The Balaban J connectivity index is 1.60. The highest BCUT2D eigenvalue weighted by Crippen LogP contribution is 2.44. The fraction of sp³-hybridized carbons (Fsp3) is 0.318. The first kappa shape index (κ1) is 21.8. The van der Waals surface area contributed by atoms with Crippen LogP contribution >= 0.6 is 0 Å². The zero-order chi connectivity index (χ0) is 22.9. The van der Waals surface area contributed by atoms with Crippen molar-refractivity contribution in [3.63, 3.8) is 0 Å². The number of anilines is 1. The van der Waals surface area contributed by atoms with Crippen molar-refractivity contribution in [2.75, 3.05) is 5.32 Å². The summed E-state index contributed by atoms with van der Waals surface area (Å²) in [6, 6.07) is 7.49. The third-order valence-electron chi connectivity index (χ3n) is 5.49. The van der Waals surface area contributed by atoms with Crippen LogP contribution in [0.1, 0.15) is 52.6 Å². The van der Waals surface area contributed by atoms with Crippen LogP contribution in [0.5, 0.6) is 0 Å². The molecule has 0 aliphatic carbocycles. The minimum absolute atomic E-state index is 0.00348. The van der Waals surface area contributed by atoms with Gasteiger partial charge in [0.2, 0.25) is 0 Å². The number of fused-ring (bicyclic) bond motifs is 1. The van der Waals surface area contributed by atoms with E-state index in [1.54, 1.807) is 12.1 Å². The van der Waals surface area contributed by atoms with Crippen molar-refractivity contribution >= 4 is 11.7 Å². The standard InChI is InChI=1S/C22H21F4N5O/c1-2-13-3-5-14(6-4-13)18-9-19(22(24,25)26)31-20(30-18)17(12-29-31)21(32)28-11-16-8-7-15(23)10-27-16/h3-8,10,12,18-19,30H,2,9,11H2,1H3,(H,28,32). The highest BCUT2D eigenvalue weighted by molar-refractivity contribution is 5.98. The van der Waals surface area contributed by atoms with Gasteiger partial charge in [-0.2, -0.15) is 18.3 Å². The summed E-state index contributed by atoms with van der Waals surface area (Å²) < 4.78 is 55.2. The Kier molecular flexibility index (Phi) is 5.86. The number of hydrogen-bond donors (Lipinski definition) is 2. The topological polar surface area (TPSA) is 71.8 Å². The Morgan fingerprint density at radius 1 is 1.19 bits per heavy atom. The van der Waals surface area contributed by atoms with E-state index >= 15 is 0 Å². The normalized spacial score (nSPS) is 18.0. The van der Waals surface area contributed by atoms with Crippen LogP contribution in [0.4, 0.5) is 23.4 Å². The number of alkyl halides is 3. The molecule has 2 aromatic heterocycles. The summed E-state index contributed by atoms with van der Waals surface area (Å²) in [5, 5.41) is 9.51. The molecule has 1 aliphatic rings. The van der Waals surface area contributed by atoms with Crippen molar-refractivity contribution in [2.24, 2.45) is 0 Å². The van der Waals surface area contributed by atoms with Crippen LogP contribution in [0.25, 0.3) is 0 Å². The molecule has 0 fully saturated rings. The van der Waals surface area contributed by atoms with Crippen LogP contribution < -0.4 is 10.6 Å². The lowest BCUT2D eigenvalue weighted by Gasteiger charge is -2.34. The fourth-order valence-electron chi connectivity index (χ4n) is 3.71. The molecule has 1 aliphatic heterocycles. The van der Waals surface area contributed by atoms with Gasteiger partial charge in [-0.25, -0.2) is 9.07 Å². The lowest BCUT2D eigenvalue weighted by molar-refractivity contribution is -0.173. The second-order valence-electron chi connectivity index (χ2n) is 7.59. The van der Waals surface area contributed by atoms with E-state index < -0.39 is 30.0 Å². The number of benzene rings is 1. The van der Waals surface area contributed by atoms with Crippen molar-refractivity contribution in [1.82, 2.24) is 20.1 Å². The molecule has 2 unspecified atom stereocenters. The predicted molar refractivity (Wildman–Crippen MR) is 109 cm³/mol. The second kappa shape index (κ2) is 8.60. The van der Waals surface area contributed by atoms with E-state index in [4.69, 9.17) is 0 Å². The van der Waals surface area contributed by atoms with Gasteiger partial charge in [0.25, 0.3) is 5.91 Å². The molecule has 4 rings (SSSR count). The summed E-state index contributed by atoms with van der Waals surface area (Å²) in [6.45, 7) is 1.99. The summed E-state index contributed by atoms with van der Waals surface area (Å²) >= 11 is 0. The number of hydrogen-bond acceptors (Lipinski definition) is 4. The number of nitrogens with zero attached hydrogens (tertiary/aromatic N) is 3. The number of aromatic nitrogens is 3. The zero-order valence-corrected chi connectivity index (χ0v) is 17.2. The number of aryl methyl sites for hydroxylation is 1. The Labute approximate surface area is 181 Å². The minimum Gasteiger partial charge on any atom is -0.363 e. The average Bonchev–Trinajstić information content (AvgIpc) is 3.21. The molecule has 0 saturated heterocycles. The molecule has 2 atom stereocenters. The van der Waals surface area contributed by atoms with Crippen LogP contribution in [0.3, 0.4) is 0 Å². The molecule has 168 valence electrons. The van der Waals surface area contributed by atoms with Crippen molar-refractivity contribution in [3.05, 3.63) is 77.0 Å². The molecule has 1 aromatic carbocycles. The van der Waals surface area contributed by atoms with E-state index in [1.165, 1.54) is 12.1 Å². The van der Waals surface area contributed by atoms with Crippen LogP contribution in [-0.2, 0) is 13.0 Å². The molecule has 0 saturated carbocycles. The van der Waals surface area contributed by atoms with E-state index in [2.05, 4.69) is 20.7 Å². The van der Waals surface area contributed by atoms with Gasteiger partial charge in [-0.15, -0.1) is 0 Å². The van der Waals surface area contributed by atoms with Crippen LogP contribution in [-0.4, -0.2) is 26.8 Å². The Morgan fingerprint density at radius 2 is 1.94 bits per heavy atom. The van der Waals surface area contributed by atoms with E-state index in [1.807, 2.05) is 19.1 Å². The summed E-state index contributed by atoms with van der Waals surface area (Å²) in [5.41, 5.74) is 2.19. The number of carbonyl (C=O) groups is 1. The van der Waals surface area contributed by atoms with E-state index in [-0.39, 0.29) is 24.3 Å². The lowest BCUT2D eigenvalue weighted by Crippen LogP contribution is -2.36. The van der Waals surface area contributed by atoms with Gasteiger partial charge in [0.05, 0.1) is 30.7 Å². The van der Waals surface area contributed by atoms with Crippen LogP contribution in [0.15, 0.2) is 48.8 Å². The van der Waals surface area contributed by atoms with Crippen LogP contribution in [0.2, 0.25) is 0 Å². The van der Waals surface area contributed by atoms with Gasteiger partial charge in [-0.3, -0.25) is 9.78 Å². The monoisotopic (exact) mass is 447 g/mol. The third kappa shape index (κ3) is 4.44. The maximum atomic E-state index is 13.8. The van der Waals surface area contributed by atoms with Crippen molar-refractivity contribution in [3.8, 4) is 0 Å². The first-order valence-corrected chi connectivity index (χ1v) is 10.1. The largest absolute Gasteiger partial charge is 0.410 e. The van der Waals surface area contributed by atoms with Gasteiger partial charge in [-0.05, 0) is 29.7 Å². The molecule has 10 heteroatoms. The number of pyridine rings is 1. The third-order valence-corrected chi connectivity index (χ3v) is 5.49. The summed E-state index contributed by atoms with van der Waals surface area (Å²) in [6.07, 6.45) is -1.81. The predicted octanol–water partition coefficient (Wildman–Crippen LogP) is 4.57. The SMILES string of the molecule is CCc1ccc(C2CC(C(F)(F)F)n3ncc(C(=O)NCc4ccc(F)cn4)c3N2)cc1. The highest BCUT2D eigenvalue weighted by Gasteiger charge is 2.47. The number of rotatable bonds is 5. The van der Waals surface area contributed by atoms with Crippen LogP contribution in [0, 0.1) is 5.82 Å². The van der Waals surface area contributed by atoms with Crippen molar-refractivity contribution < 1.29 is 22.4 Å². The molecule has 1 amide bonds. The van der Waals surface area contributed by atoms with E-state index in [9.17, 15) is 22.4 Å². The molecule has 3 heterocycles. The highest BCUT2D eigenvalue weighted by atomic mass is 19.4. The first-order chi connectivity index (χ1) is 15.3. The van der Waals surface area contributed by atoms with E-state index in [0.29, 0.717) is 11.3 Å². The molecule has 6 nitrogen and oxygen atoms in total. The lowest BCUT2D eigenvalue weighted by atomic mass is 9.95. The van der Waals surface area contributed by atoms with Gasteiger partial charge >= 0.3 is 6.18 Å². The minimum atomic E-state index is -4.53. The van der Waals surface area contributed by atoms with Gasteiger partial charge in [-0.1, -0.05) is 31.2 Å². The number of carbonyl (C=O) groups excluding carboxylic acids is 1. The molecule has 0 spiro atoms. The maximum absolute atomic E-state index is 13.8. The maximum Gasteiger partial charge on any atom is 0.410 e. The fourth-order valence-corrected chi connectivity index (χ4v) is 3.71. The molecule has 32 heavy (non-hydrogen) atoms. The number of nitrogens with one attached hydrogen (secondary N) is 2. The van der Waals surface area contributed by atoms with E-state index in [0.717, 1.165) is 29.1 Å². The van der Waals surface area contributed by atoms with Gasteiger partial charge in [0, 0.05) is 6.42 Å². The Hall–Kier alpha value is -3.43. The molecule has 3 aromatic rings. The molecular weight excluding hydrogens is 426 g/mol. The summed E-state index contributed by atoms with van der Waals surface area (Å²) in [5.74, 6) is -1.10. The number of halogens is 4. The number of amides is 1. The summed E-state index contributed by atoms with van der Waals surface area (Å²) in [7, 11) is 0. The molecule has 0 radical (unpaired) electrons.